The van der Waals surface area contributed by atoms with Gasteiger partial charge in [-0.3, -0.25) is 0 Å². The number of ether oxygens (including phenoxy) is 1. The predicted molar refractivity (Wildman–Crippen MR) is 78.6 cm³/mol. The van der Waals surface area contributed by atoms with Crippen LogP contribution in [0.4, 0.5) is 13.2 Å². The van der Waals surface area contributed by atoms with Crippen LogP contribution in [-0.4, -0.2) is 21.6 Å². The van der Waals surface area contributed by atoms with Crippen LogP contribution in [0.15, 0.2) is 59.5 Å². The number of para-hydroxylation sites is 1. The molecule has 23 heavy (non-hydrogen) atoms. The van der Waals surface area contributed by atoms with E-state index in [1.165, 1.54) is 6.07 Å². The van der Waals surface area contributed by atoms with Gasteiger partial charge in [0, 0.05) is 6.54 Å². The zero-order valence-electron chi connectivity index (χ0n) is 11.9. The minimum Gasteiger partial charge on any atom is -0.492 e. The Morgan fingerprint density at radius 2 is 1.57 bits per heavy atom. The topological polar surface area (TPSA) is 55.4 Å². The summed E-state index contributed by atoms with van der Waals surface area (Å²) in [5.74, 6) is 0.544. The van der Waals surface area contributed by atoms with Crippen molar-refractivity contribution < 1.29 is 26.3 Å². The number of hydrogen-bond acceptors (Lipinski definition) is 3. The molecule has 0 saturated heterocycles. The Morgan fingerprint density at radius 3 is 2.22 bits per heavy atom. The van der Waals surface area contributed by atoms with Crippen LogP contribution in [-0.2, 0) is 16.2 Å². The first-order chi connectivity index (χ1) is 10.8. The lowest BCUT2D eigenvalue weighted by molar-refractivity contribution is -0.139. The maximum absolute atomic E-state index is 12.9. The van der Waals surface area contributed by atoms with Gasteiger partial charge in [-0.2, -0.15) is 13.2 Å². The van der Waals surface area contributed by atoms with Crippen molar-refractivity contribution in [3.63, 3.8) is 0 Å². The quantitative estimate of drug-likeness (QED) is 0.819. The van der Waals surface area contributed by atoms with Crippen molar-refractivity contribution in [1.29, 1.82) is 0 Å². The fourth-order valence-corrected chi connectivity index (χ4v) is 3.11. The molecule has 0 unspecified atom stereocenters. The van der Waals surface area contributed by atoms with Gasteiger partial charge in [0.1, 0.15) is 12.4 Å². The van der Waals surface area contributed by atoms with Crippen LogP contribution in [0.25, 0.3) is 0 Å². The Bertz CT molecular complexity index is 746. The number of rotatable bonds is 6. The van der Waals surface area contributed by atoms with Crippen molar-refractivity contribution >= 4 is 10.0 Å². The first-order valence-corrected chi connectivity index (χ1v) is 8.13. The van der Waals surface area contributed by atoms with Crippen LogP contribution >= 0.6 is 0 Å². The molecule has 1 N–H and O–H groups in total. The van der Waals surface area contributed by atoms with Gasteiger partial charge in [-0.15, -0.1) is 0 Å². The van der Waals surface area contributed by atoms with Gasteiger partial charge in [0.25, 0.3) is 0 Å². The van der Waals surface area contributed by atoms with E-state index in [1.54, 1.807) is 30.3 Å². The number of sulfonamides is 1. The Morgan fingerprint density at radius 1 is 0.957 bits per heavy atom. The summed E-state index contributed by atoms with van der Waals surface area (Å²) in [5.41, 5.74) is -1.20. The Kier molecular flexibility index (Phi) is 5.27. The van der Waals surface area contributed by atoms with Gasteiger partial charge in [0.05, 0.1) is 10.5 Å². The molecule has 2 rings (SSSR count). The smallest absolute Gasteiger partial charge is 0.417 e. The molecule has 0 amide bonds. The summed E-state index contributed by atoms with van der Waals surface area (Å²) in [4.78, 5) is -0.799. The number of halogens is 3. The van der Waals surface area contributed by atoms with Crippen molar-refractivity contribution in [3.05, 3.63) is 60.2 Å². The number of nitrogens with one attached hydrogen (secondary N) is 1. The molecule has 0 aromatic heterocycles. The predicted octanol–water partition coefficient (Wildman–Crippen LogP) is 3.06. The van der Waals surface area contributed by atoms with E-state index in [9.17, 15) is 21.6 Å². The minimum atomic E-state index is -4.74. The summed E-state index contributed by atoms with van der Waals surface area (Å²) in [6.45, 7) is -0.152. The standard InChI is InChI=1S/C15H14F3NO3S/c16-15(17,18)13-8-4-5-9-14(13)23(20,21)19-10-11-22-12-6-2-1-3-7-12/h1-9,19H,10-11H2. The van der Waals surface area contributed by atoms with Crippen LogP contribution < -0.4 is 9.46 Å². The molecule has 2 aromatic carbocycles. The van der Waals surface area contributed by atoms with Gasteiger partial charge in [-0.25, -0.2) is 13.1 Å². The fraction of sp³-hybridized carbons (Fsp3) is 0.200. The van der Waals surface area contributed by atoms with Gasteiger partial charge >= 0.3 is 6.18 Å². The summed E-state index contributed by atoms with van der Waals surface area (Å²) in [5, 5.41) is 0. The third kappa shape index (κ3) is 4.70. The molecule has 124 valence electrons. The van der Waals surface area contributed by atoms with E-state index >= 15 is 0 Å². The maximum atomic E-state index is 12.9. The van der Waals surface area contributed by atoms with Gasteiger partial charge in [-0.1, -0.05) is 30.3 Å². The van der Waals surface area contributed by atoms with Crippen LogP contribution in [0.1, 0.15) is 5.56 Å². The van der Waals surface area contributed by atoms with Crippen molar-refractivity contribution in [1.82, 2.24) is 4.72 Å². The van der Waals surface area contributed by atoms with Crippen LogP contribution in [0.3, 0.4) is 0 Å². The molecule has 2 aromatic rings. The summed E-state index contributed by atoms with van der Waals surface area (Å²) in [6, 6.07) is 12.7. The molecule has 0 aliphatic carbocycles. The molecule has 0 saturated carbocycles. The number of alkyl halides is 3. The highest BCUT2D eigenvalue weighted by atomic mass is 32.2. The lowest BCUT2D eigenvalue weighted by atomic mass is 10.2. The Balaban J connectivity index is 2.03. The molecule has 4 nitrogen and oxygen atoms in total. The highest BCUT2D eigenvalue weighted by Crippen LogP contribution is 2.33. The van der Waals surface area contributed by atoms with E-state index in [1.807, 2.05) is 0 Å². The molecule has 0 aliphatic rings. The summed E-state index contributed by atoms with van der Waals surface area (Å²) >= 11 is 0. The third-order valence-electron chi connectivity index (χ3n) is 2.89. The lowest BCUT2D eigenvalue weighted by Gasteiger charge is -2.14. The first-order valence-electron chi connectivity index (χ1n) is 6.64. The summed E-state index contributed by atoms with van der Waals surface area (Å²) < 4.78 is 70.1. The molecule has 8 heteroatoms. The highest BCUT2D eigenvalue weighted by molar-refractivity contribution is 7.89. The summed E-state index contributed by atoms with van der Waals surface area (Å²) in [6.07, 6.45) is -4.74. The normalized spacial score (nSPS) is 12.1. The zero-order chi connectivity index (χ0) is 16.9. The molecule has 0 radical (unpaired) electrons. The molecule has 0 atom stereocenters. The van der Waals surface area contributed by atoms with E-state index < -0.39 is 26.7 Å². The van der Waals surface area contributed by atoms with Crippen molar-refractivity contribution in [2.24, 2.45) is 0 Å². The summed E-state index contributed by atoms with van der Waals surface area (Å²) in [7, 11) is -4.28. The second-order valence-electron chi connectivity index (χ2n) is 4.55. The Hall–Kier alpha value is -2.06. The number of hydrogen-bond donors (Lipinski definition) is 1. The van der Waals surface area contributed by atoms with E-state index in [-0.39, 0.29) is 13.2 Å². The van der Waals surface area contributed by atoms with Crippen LogP contribution in [0, 0.1) is 0 Å². The lowest BCUT2D eigenvalue weighted by Crippen LogP contribution is -2.30. The van der Waals surface area contributed by atoms with E-state index in [2.05, 4.69) is 4.72 Å². The molecule has 0 spiro atoms. The Labute approximate surface area is 132 Å². The van der Waals surface area contributed by atoms with Crippen LogP contribution in [0.5, 0.6) is 5.75 Å². The number of benzene rings is 2. The van der Waals surface area contributed by atoms with E-state index in [4.69, 9.17) is 4.74 Å². The second-order valence-corrected chi connectivity index (χ2v) is 6.29. The third-order valence-corrected chi connectivity index (χ3v) is 4.41. The zero-order valence-corrected chi connectivity index (χ0v) is 12.7. The van der Waals surface area contributed by atoms with Crippen molar-refractivity contribution in [2.75, 3.05) is 13.2 Å². The maximum Gasteiger partial charge on any atom is 0.417 e. The molecular weight excluding hydrogens is 331 g/mol. The second kappa shape index (κ2) is 7.01. The van der Waals surface area contributed by atoms with Gasteiger partial charge in [-0.05, 0) is 24.3 Å². The van der Waals surface area contributed by atoms with Crippen molar-refractivity contribution in [2.45, 2.75) is 11.1 Å². The molecule has 0 bridgehead atoms. The van der Waals surface area contributed by atoms with Crippen LogP contribution in [0.2, 0.25) is 0 Å². The van der Waals surface area contributed by atoms with E-state index in [0.717, 1.165) is 18.2 Å². The molecule has 0 fully saturated rings. The average molecular weight is 345 g/mol. The average Bonchev–Trinajstić information content (AvgIpc) is 2.52. The van der Waals surface area contributed by atoms with Gasteiger partial charge < -0.3 is 4.74 Å². The highest BCUT2D eigenvalue weighted by Gasteiger charge is 2.36. The monoisotopic (exact) mass is 345 g/mol. The minimum absolute atomic E-state index is 0.00255. The molecule has 0 aliphatic heterocycles. The first kappa shape index (κ1) is 17.3. The largest absolute Gasteiger partial charge is 0.492 e. The molecular formula is C15H14F3NO3S. The fourth-order valence-electron chi connectivity index (χ4n) is 1.87. The van der Waals surface area contributed by atoms with Gasteiger partial charge in [0.15, 0.2) is 0 Å². The molecule has 0 heterocycles. The van der Waals surface area contributed by atoms with E-state index in [0.29, 0.717) is 5.75 Å². The van der Waals surface area contributed by atoms with Gasteiger partial charge in [0.2, 0.25) is 10.0 Å². The SMILES string of the molecule is O=S(=O)(NCCOc1ccccc1)c1ccccc1C(F)(F)F. The van der Waals surface area contributed by atoms with Crippen molar-refractivity contribution in [3.8, 4) is 5.75 Å².